The normalized spacial score (nSPS) is 10.4. The fraction of sp³-hybridized carbons (Fsp3) is 0.200. The molecular weight excluding hydrogens is 320 g/mol. The molecule has 2 aromatic rings. The van der Waals surface area contributed by atoms with E-state index in [-0.39, 0.29) is 12.0 Å². The number of hydrogen-bond acceptors (Lipinski definition) is 3. The lowest BCUT2D eigenvalue weighted by Crippen LogP contribution is -2.12. The van der Waals surface area contributed by atoms with Crippen molar-refractivity contribution in [1.29, 1.82) is 0 Å². The summed E-state index contributed by atoms with van der Waals surface area (Å²) >= 11 is 3.25. The van der Waals surface area contributed by atoms with E-state index in [9.17, 15) is 4.79 Å². The Morgan fingerprint density at radius 3 is 2.75 bits per heavy atom. The van der Waals surface area contributed by atoms with E-state index in [2.05, 4.69) is 26.2 Å². The highest BCUT2D eigenvalue weighted by Crippen LogP contribution is 2.17. The molecule has 0 atom stereocenters. The number of benzene rings is 1. The maximum absolute atomic E-state index is 12.1. The lowest BCUT2D eigenvalue weighted by molar-refractivity contribution is 0.102. The number of amides is 1. The van der Waals surface area contributed by atoms with Crippen molar-refractivity contribution in [3.8, 4) is 5.75 Å². The number of anilines is 1. The van der Waals surface area contributed by atoms with Crippen LogP contribution in [0.3, 0.4) is 0 Å². The smallest absolute Gasteiger partial charge is 0.255 e. The summed E-state index contributed by atoms with van der Waals surface area (Å²) in [6, 6.07) is 10.7. The molecule has 0 saturated carbocycles. The number of carbonyl (C=O) groups is 1. The van der Waals surface area contributed by atoms with Crippen molar-refractivity contribution in [3.05, 3.63) is 52.8 Å². The predicted octanol–water partition coefficient (Wildman–Crippen LogP) is 3.88. The minimum atomic E-state index is -0.191. The number of hydrogen-bond donors (Lipinski definition) is 1. The van der Waals surface area contributed by atoms with Gasteiger partial charge in [0.05, 0.1) is 18.0 Å². The van der Waals surface area contributed by atoms with E-state index in [4.69, 9.17) is 4.74 Å². The van der Waals surface area contributed by atoms with Gasteiger partial charge in [0.25, 0.3) is 5.91 Å². The van der Waals surface area contributed by atoms with Gasteiger partial charge in [-0.2, -0.15) is 0 Å². The minimum absolute atomic E-state index is 0.0731. The first-order chi connectivity index (χ1) is 9.54. The lowest BCUT2D eigenvalue weighted by atomic mass is 10.2. The summed E-state index contributed by atoms with van der Waals surface area (Å²) < 4.78 is 6.30. The van der Waals surface area contributed by atoms with Crippen LogP contribution in [-0.2, 0) is 0 Å². The zero-order valence-corrected chi connectivity index (χ0v) is 12.8. The zero-order chi connectivity index (χ0) is 14.5. The van der Waals surface area contributed by atoms with E-state index < -0.39 is 0 Å². The second-order valence-corrected chi connectivity index (χ2v) is 5.33. The van der Waals surface area contributed by atoms with E-state index in [0.717, 1.165) is 4.60 Å². The third-order valence-corrected chi connectivity index (χ3v) is 2.92. The van der Waals surface area contributed by atoms with Gasteiger partial charge >= 0.3 is 0 Å². The summed E-state index contributed by atoms with van der Waals surface area (Å²) in [5.41, 5.74) is 1.19. The van der Waals surface area contributed by atoms with Gasteiger partial charge in [-0.1, -0.05) is 6.07 Å². The SMILES string of the molecule is CC(C)Oc1cccc(C(=O)Nc2ccc(Br)nc2)c1. The van der Waals surface area contributed by atoms with Gasteiger partial charge in [-0.3, -0.25) is 4.79 Å². The predicted molar refractivity (Wildman–Crippen MR) is 82.1 cm³/mol. The van der Waals surface area contributed by atoms with Crippen LogP contribution in [0.5, 0.6) is 5.75 Å². The Balaban J connectivity index is 2.10. The van der Waals surface area contributed by atoms with Gasteiger partial charge in [-0.15, -0.1) is 0 Å². The fourth-order valence-corrected chi connectivity index (χ4v) is 1.87. The van der Waals surface area contributed by atoms with Gasteiger partial charge < -0.3 is 10.1 Å². The molecule has 4 nitrogen and oxygen atoms in total. The standard InChI is InChI=1S/C15H15BrN2O2/c1-10(2)20-13-5-3-4-11(8-13)15(19)18-12-6-7-14(16)17-9-12/h3-10H,1-2H3,(H,18,19). The third kappa shape index (κ3) is 4.06. The first kappa shape index (κ1) is 14.5. The van der Waals surface area contributed by atoms with Crippen LogP contribution < -0.4 is 10.1 Å². The van der Waals surface area contributed by atoms with Gasteiger partial charge in [-0.05, 0) is 60.1 Å². The van der Waals surface area contributed by atoms with Crippen LogP contribution in [-0.4, -0.2) is 17.0 Å². The number of halogens is 1. The lowest BCUT2D eigenvalue weighted by Gasteiger charge is -2.11. The summed E-state index contributed by atoms with van der Waals surface area (Å²) in [6.45, 7) is 3.89. The quantitative estimate of drug-likeness (QED) is 0.863. The van der Waals surface area contributed by atoms with E-state index in [1.54, 1.807) is 36.5 Å². The second-order valence-electron chi connectivity index (χ2n) is 4.52. The molecule has 104 valence electrons. The molecule has 2 rings (SSSR count). The Morgan fingerprint density at radius 2 is 2.10 bits per heavy atom. The largest absolute Gasteiger partial charge is 0.491 e. The molecule has 5 heteroatoms. The van der Waals surface area contributed by atoms with Gasteiger partial charge in [0.2, 0.25) is 0 Å². The molecule has 0 saturated heterocycles. The van der Waals surface area contributed by atoms with E-state index in [1.807, 2.05) is 19.9 Å². The first-order valence-electron chi connectivity index (χ1n) is 6.24. The average Bonchev–Trinajstić information content (AvgIpc) is 2.41. The number of nitrogens with one attached hydrogen (secondary N) is 1. The average molecular weight is 335 g/mol. The number of pyridine rings is 1. The molecule has 0 aliphatic heterocycles. The summed E-state index contributed by atoms with van der Waals surface area (Å²) in [5.74, 6) is 0.491. The summed E-state index contributed by atoms with van der Waals surface area (Å²) in [6.07, 6.45) is 1.67. The molecule has 0 aliphatic rings. The van der Waals surface area contributed by atoms with Crippen molar-refractivity contribution < 1.29 is 9.53 Å². The van der Waals surface area contributed by atoms with Gasteiger partial charge in [0, 0.05) is 5.56 Å². The number of ether oxygens (including phenoxy) is 1. The summed E-state index contributed by atoms with van der Waals surface area (Å²) in [5, 5.41) is 2.79. The molecule has 0 aliphatic carbocycles. The first-order valence-corrected chi connectivity index (χ1v) is 7.03. The molecule has 0 radical (unpaired) electrons. The van der Waals surface area contributed by atoms with Crippen molar-refractivity contribution in [3.63, 3.8) is 0 Å². The highest BCUT2D eigenvalue weighted by atomic mass is 79.9. The van der Waals surface area contributed by atoms with Crippen molar-refractivity contribution in [1.82, 2.24) is 4.98 Å². The second kappa shape index (κ2) is 6.52. The Kier molecular flexibility index (Phi) is 4.74. The van der Waals surface area contributed by atoms with Crippen LogP contribution in [0.25, 0.3) is 0 Å². The maximum atomic E-state index is 12.1. The van der Waals surface area contributed by atoms with Crippen LogP contribution >= 0.6 is 15.9 Å². The van der Waals surface area contributed by atoms with Crippen LogP contribution in [0.1, 0.15) is 24.2 Å². The fourth-order valence-electron chi connectivity index (χ4n) is 1.64. The molecule has 1 heterocycles. The molecule has 0 bridgehead atoms. The van der Waals surface area contributed by atoms with Crippen molar-refractivity contribution >= 4 is 27.5 Å². The number of aromatic nitrogens is 1. The molecule has 1 amide bonds. The number of rotatable bonds is 4. The summed E-state index contributed by atoms with van der Waals surface area (Å²) in [7, 11) is 0. The monoisotopic (exact) mass is 334 g/mol. The molecule has 1 aromatic carbocycles. The number of nitrogens with zero attached hydrogens (tertiary/aromatic N) is 1. The van der Waals surface area contributed by atoms with Gasteiger partial charge in [-0.25, -0.2) is 4.98 Å². The van der Waals surface area contributed by atoms with E-state index in [0.29, 0.717) is 17.0 Å². The molecule has 20 heavy (non-hydrogen) atoms. The molecule has 1 N–H and O–H groups in total. The number of carbonyl (C=O) groups excluding carboxylic acids is 1. The Hall–Kier alpha value is -1.88. The van der Waals surface area contributed by atoms with E-state index in [1.165, 1.54) is 0 Å². The topological polar surface area (TPSA) is 51.2 Å². The highest BCUT2D eigenvalue weighted by molar-refractivity contribution is 9.10. The van der Waals surface area contributed by atoms with Crippen molar-refractivity contribution in [2.45, 2.75) is 20.0 Å². The third-order valence-electron chi connectivity index (χ3n) is 2.45. The maximum Gasteiger partial charge on any atom is 0.255 e. The Bertz CT molecular complexity index is 597. The van der Waals surface area contributed by atoms with Crippen LogP contribution in [0.4, 0.5) is 5.69 Å². The molecule has 0 spiro atoms. The Labute approximate surface area is 126 Å². The minimum Gasteiger partial charge on any atom is -0.491 e. The zero-order valence-electron chi connectivity index (χ0n) is 11.3. The van der Waals surface area contributed by atoms with Crippen LogP contribution in [0.15, 0.2) is 47.2 Å². The molecular formula is C15H15BrN2O2. The van der Waals surface area contributed by atoms with Gasteiger partial charge in [0.1, 0.15) is 10.4 Å². The molecule has 1 aromatic heterocycles. The molecule has 0 fully saturated rings. The molecule has 0 unspecified atom stereocenters. The van der Waals surface area contributed by atoms with Crippen LogP contribution in [0.2, 0.25) is 0 Å². The van der Waals surface area contributed by atoms with Crippen molar-refractivity contribution in [2.24, 2.45) is 0 Å². The van der Waals surface area contributed by atoms with Crippen LogP contribution in [0, 0.1) is 0 Å². The van der Waals surface area contributed by atoms with E-state index >= 15 is 0 Å². The summed E-state index contributed by atoms with van der Waals surface area (Å²) in [4.78, 5) is 16.2. The van der Waals surface area contributed by atoms with Crippen molar-refractivity contribution in [2.75, 3.05) is 5.32 Å². The highest BCUT2D eigenvalue weighted by Gasteiger charge is 2.08. The van der Waals surface area contributed by atoms with Gasteiger partial charge in [0.15, 0.2) is 0 Å². The Morgan fingerprint density at radius 1 is 1.30 bits per heavy atom.